The smallest absolute Gasteiger partial charge is 0.408 e. The first-order valence-electron chi connectivity index (χ1n) is 6.93. The van der Waals surface area contributed by atoms with E-state index in [9.17, 15) is 9.59 Å². The number of rotatable bonds is 5. The first-order chi connectivity index (χ1) is 11.7. The van der Waals surface area contributed by atoms with Crippen molar-refractivity contribution in [2.45, 2.75) is 16.9 Å². The fourth-order valence-electron chi connectivity index (χ4n) is 1.60. The number of amides is 1. The van der Waals surface area contributed by atoms with Gasteiger partial charge in [0.1, 0.15) is 0 Å². The molecule has 0 unspecified atom stereocenters. The van der Waals surface area contributed by atoms with Crippen LogP contribution in [0.1, 0.15) is 17.3 Å². The van der Waals surface area contributed by atoms with Crippen molar-refractivity contribution in [3.8, 4) is 0 Å². The molecule has 0 spiro atoms. The van der Waals surface area contributed by atoms with Gasteiger partial charge in [0.15, 0.2) is 11.3 Å². The molecule has 0 bridgehead atoms. The first-order valence-corrected chi connectivity index (χ1v) is 8.47. The van der Waals surface area contributed by atoms with E-state index in [1.807, 2.05) is 0 Å². The third-order valence-electron chi connectivity index (χ3n) is 2.70. The van der Waals surface area contributed by atoms with E-state index in [0.29, 0.717) is 11.3 Å². The van der Waals surface area contributed by atoms with Crippen LogP contribution in [0.3, 0.4) is 0 Å². The highest BCUT2D eigenvalue weighted by atomic mass is 35.6. The Balaban J connectivity index is 2.71. The van der Waals surface area contributed by atoms with Crippen LogP contribution in [-0.4, -0.2) is 40.8 Å². The highest BCUT2D eigenvalue weighted by Crippen LogP contribution is 2.29. The van der Waals surface area contributed by atoms with E-state index in [4.69, 9.17) is 51.8 Å². The largest absolute Gasteiger partial charge is 0.465 e. The third-order valence-corrected chi connectivity index (χ3v) is 3.58. The number of alkyl halides is 3. The molecule has 138 valence electrons. The summed E-state index contributed by atoms with van der Waals surface area (Å²) >= 11 is 22.6. The van der Waals surface area contributed by atoms with Crippen LogP contribution in [0.5, 0.6) is 0 Å². The Morgan fingerprint density at radius 3 is 2.28 bits per heavy atom. The molecule has 1 amide bonds. The Kier molecular flexibility index (Phi) is 8.51. The lowest BCUT2D eigenvalue weighted by molar-refractivity contribution is 0.0600. The normalized spacial score (nSPS) is 11.9. The molecule has 0 saturated heterocycles. The van der Waals surface area contributed by atoms with Gasteiger partial charge in [-0.25, -0.2) is 9.59 Å². The molecule has 0 radical (unpaired) electrons. The molecule has 1 aromatic carbocycles. The predicted octanol–water partition coefficient (Wildman–Crippen LogP) is 3.20. The summed E-state index contributed by atoms with van der Waals surface area (Å²) in [7, 11) is 1.29. The summed E-state index contributed by atoms with van der Waals surface area (Å²) in [5.41, 5.74) is 0.958. The van der Waals surface area contributed by atoms with E-state index >= 15 is 0 Å². The van der Waals surface area contributed by atoms with Gasteiger partial charge >= 0.3 is 12.1 Å². The van der Waals surface area contributed by atoms with E-state index in [1.54, 1.807) is 31.2 Å². The zero-order chi connectivity index (χ0) is 19.0. The minimum absolute atomic E-state index is 0.0824. The Hall–Kier alpha value is -1.48. The SMILES string of the molecule is CCOC(=O)N[C@@H](NC(=S)Nc1ccc(C(=O)OC)cc1)C(Cl)(Cl)Cl. The Morgan fingerprint density at radius 1 is 1.20 bits per heavy atom. The van der Waals surface area contributed by atoms with E-state index < -0.39 is 22.0 Å². The molecular formula is C14H16Cl3N3O4S. The zero-order valence-electron chi connectivity index (χ0n) is 13.3. The lowest BCUT2D eigenvalue weighted by atomic mass is 10.2. The molecule has 0 fully saturated rings. The van der Waals surface area contributed by atoms with E-state index in [0.717, 1.165) is 0 Å². The maximum absolute atomic E-state index is 11.5. The predicted molar refractivity (Wildman–Crippen MR) is 101 cm³/mol. The van der Waals surface area contributed by atoms with Crippen LogP contribution in [0.4, 0.5) is 10.5 Å². The maximum Gasteiger partial charge on any atom is 0.408 e. The second kappa shape index (κ2) is 9.86. The average Bonchev–Trinajstić information content (AvgIpc) is 2.53. The van der Waals surface area contributed by atoms with Crippen molar-refractivity contribution in [3.05, 3.63) is 29.8 Å². The molecule has 3 N–H and O–H groups in total. The van der Waals surface area contributed by atoms with Gasteiger partial charge in [-0.05, 0) is 43.4 Å². The van der Waals surface area contributed by atoms with E-state index in [1.165, 1.54) is 7.11 Å². The number of carbonyl (C=O) groups excluding carboxylic acids is 2. The maximum atomic E-state index is 11.5. The fourth-order valence-corrected chi connectivity index (χ4v) is 2.16. The molecule has 1 rings (SSSR count). The van der Waals surface area contributed by atoms with E-state index in [2.05, 4.69) is 20.7 Å². The number of carbonyl (C=O) groups is 2. The van der Waals surface area contributed by atoms with Gasteiger partial charge in [-0.2, -0.15) is 0 Å². The van der Waals surface area contributed by atoms with Gasteiger partial charge in [0.05, 0.1) is 19.3 Å². The summed E-state index contributed by atoms with van der Waals surface area (Å²) in [4.78, 5) is 22.9. The van der Waals surface area contributed by atoms with Crippen molar-refractivity contribution >= 4 is 69.9 Å². The number of nitrogens with one attached hydrogen (secondary N) is 3. The van der Waals surface area contributed by atoms with Gasteiger partial charge in [0.2, 0.25) is 3.79 Å². The van der Waals surface area contributed by atoms with Crippen molar-refractivity contribution in [1.29, 1.82) is 0 Å². The zero-order valence-corrected chi connectivity index (χ0v) is 16.4. The second-order valence-corrected chi connectivity index (χ2v) is 7.28. The quantitative estimate of drug-likeness (QED) is 0.287. The summed E-state index contributed by atoms with van der Waals surface area (Å²) in [5.74, 6) is -0.456. The van der Waals surface area contributed by atoms with Gasteiger partial charge in [-0.15, -0.1) is 0 Å². The first kappa shape index (κ1) is 21.6. The second-order valence-electron chi connectivity index (χ2n) is 4.51. The van der Waals surface area contributed by atoms with Gasteiger partial charge in [0.25, 0.3) is 0 Å². The molecule has 0 aliphatic heterocycles. The fraction of sp³-hybridized carbons (Fsp3) is 0.357. The Morgan fingerprint density at radius 2 is 1.80 bits per heavy atom. The Labute approximate surface area is 165 Å². The van der Waals surface area contributed by atoms with Gasteiger partial charge in [0, 0.05) is 5.69 Å². The van der Waals surface area contributed by atoms with Crippen LogP contribution >= 0.6 is 47.0 Å². The molecule has 25 heavy (non-hydrogen) atoms. The topological polar surface area (TPSA) is 88.7 Å². The molecule has 11 heteroatoms. The summed E-state index contributed by atoms with van der Waals surface area (Å²) in [5, 5.41) is 7.93. The van der Waals surface area contributed by atoms with Crippen LogP contribution in [0, 0.1) is 0 Å². The summed E-state index contributed by atoms with van der Waals surface area (Å²) in [6.45, 7) is 1.80. The molecule has 0 heterocycles. The number of hydrogen-bond acceptors (Lipinski definition) is 5. The van der Waals surface area contributed by atoms with Crippen molar-refractivity contribution in [1.82, 2.24) is 10.6 Å². The lowest BCUT2D eigenvalue weighted by Crippen LogP contribution is -2.56. The van der Waals surface area contributed by atoms with Crippen molar-refractivity contribution in [3.63, 3.8) is 0 Å². The molecule has 0 aliphatic rings. The number of benzene rings is 1. The van der Waals surface area contributed by atoms with Crippen molar-refractivity contribution in [2.24, 2.45) is 0 Å². The summed E-state index contributed by atoms with van der Waals surface area (Å²) in [6, 6.07) is 6.34. The van der Waals surface area contributed by atoms with Crippen LogP contribution in [0.15, 0.2) is 24.3 Å². The molecule has 0 aliphatic carbocycles. The molecule has 1 aromatic rings. The summed E-state index contributed by atoms with van der Waals surface area (Å²) < 4.78 is 7.47. The lowest BCUT2D eigenvalue weighted by Gasteiger charge is -2.27. The van der Waals surface area contributed by atoms with Crippen LogP contribution in [-0.2, 0) is 9.47 Å². The standard InChI is InChI=1S/C14H16Cl3N3O4S/c1-3-24-13(22)20-11(14(15,16)17)19-12(25)18-9-6-4-8(5-7-9)10(21)23-2/h4-7,11H,3H2,1-2H3,(H,20,22)(H2,18,19,25)/t11-/m1/s1. The van der Waals surface area contributed by atoms with Gasteiger partial charge in [-0.1, -0.05) is 34.8 Å². The minimum Gasteiger partial charge on any atom is -0.465 e. The van der Waals surface area contributed by atoms with Crippen LogP contribution in [0.25, 0.3) is 0 Å². The number of esters is 1. The number of thiocarbonyl (C=S) groups is 1. The highest BCUT2D eigenvalue weighted by molar-refractivity contribution is 7.80. The average molecular weight is 429 g/mol. The van der Waals surface area contributed by atoms with Crippen molar-refractivity contribution in [2.75, 3.05) is 19.0 Å². The highest BCUT2D eigenvalue weighted by Gasteiger charge is 2.35. The molecule has 7 nitrogen and oxygen atoms in total. The third kappa shape index (κ3) is 7.52. The number of hydrogen-bond donors (Lipinski definition) is 3. The van der Waals surface area contributed by atoms with Gasteiger partial charge in [-0.3, -0.25) is 5.32 Å². The van der Waals surface area contributed by atoms with Gasteiger partial charge < -0.3 is 20.1 Å². The minimum atomic E-state index is -1.88. The number of methoxy groups -OCH3 is 1. The number of anilines is 1. The number of alkyl carbamates (subject to hydrolysis) is 1. The van der Waals surface area contributed by atoms with E-state index in [-0.39, 0.29) is 11.7 Å². The molecular weight excluding hydrogens is 413 g/mol. The van der Waals surface area contributed by atoms with Crippen LogP contribution in [0.2, 0.25) is 0 Å². The van der Waals surface area contributed by atoms with Crippen LogP contribution < -0.4 is 16.0 Å². The molecule has 1 atom stereocenters. The Bertz CT molecular complexity index is 623. The monoisotopic (exact) mass is 427 g/mol. The number of ether oxygens (including phenoxy) is 2. The molecule has 0 saturated carbocycles. The van der Waals surface area contributed by atoms with Crippen molar-refractivity contribution < 1.29 is 19.1 Å². The number of halogens is 3. The molecule has 0 aromatic heterocycles. The summed E-state index contributed by atoms with van der Waals surface area (Å²) in [6.07, 6.45) is -1.90.